The van der Waals surface area contributed by atoms with Crippen LogP contribution in [0.25, 0.3) is 0 Å². The van der Waals surface area contributed by atoms with Gasteiger partial charge in [-0.25, -0.2) is 4.98 Å². The first kappa shape index (κ1) is 14.0. The molecule has 2 atom stereocenters. The van der Waals surface area contributed by atoms with Crippen LogP contribution in [0.3, 0.4) is 0 Å². The minimum atomic E-state index is 0.127. The standard InChI is InChI=1S/C15H20N4O2/c1-20-14-8-4-5-10(17-14)9-13-18-15(21-19-13)11-6-2-3-7-12(11)16/h4-5,8,11-12H,2-3,6-7,9,16H2,1H3/t11-,12+/m1/s1. The molecule has 0 unspecified atom stereocenters. The molecule has 6 nitrogen and oxygen atoms in total. The third kappa shape index (κ3) is 3.21. The zero-order valence-electron chi connectivity index (χ0n) is 12.2. The van der Waals surface area contributed by atoms with Crippen molar-refractivity contribution in [1.82, 2.24) is 15.1 Å². The molecule has 0 amide bonds. The summed E-state index contributed by atoms with van der Waals surface area (Å²) >= 11 is 0. The Morgan fingerprint density at radius 1 is 1.29 bits per heavy atom. The van der Waals surface area contributed by atoms with Gasteiger partial charge in [-0.1, -0.05) is 24.1 Å². The van der Waals surface area contributed by atoms with Crippen LogP contribution >= 0.6 is 0 Å². The highest BCUT2D eigenvalue weighted by Gasteiger charge is 2.28. The molecule has 0 radical (unpaired) electrons. The second-order valence-corrected chi connectivity index (χ2v) is 5.45. The Labute approximate surface area is 123 Å². The lowest BCUT2D eigenvalue weighted by molar-refractivity contribution is 0.289. The van der Waals surface area contributed by atoms with Gasteiger partial charge in [-0.05, 0) is 18.9 Å². The summed E-state index contributed by atoms with van der Waals surface area (Å²) in [5.74, 6) is 2.09. The molecular formula is C15H20N4O2. The van der Waals surface area contributed by atoms with E-state index in [0.29, 0.717) is 24.0 Å². The van der Waals surface area contributed by atoms with E-state index in [4.69, 9.17) is 15.0 Å². The summed E-state index contributed by atoms with van der Waals surface area (Å²) in [5.41, 5.74) is 7.01. The largest absolute Gasteiger partial charge is 0.481 e. The number of nitrogens with two attached hydrogens (primary N) is 1. The van der Waals surface area contributed by atoms with E-state index in [1.807, 2.05) is 18.2 Å². The summed E-state index contributed by atoms with van der Waals surface area (Å²) in [6, 6.07) is 5.76. The Bertz CT molecular complexity index is 599. The monoisotopic (exact) mass is 288 g/mol. The van der Waals surface area contributed by atoms with Crippen LogP contribution in [-0.4, -0.2) is 28.3 Å². The molecule has 0 spiro atoms. The fourth-order valence-electron chi connectivity index (χ4n) is 2.79. The van der Waals surface area contributed by atoms with Gasteiger partial charge in [0.25, 0.3) is 0 Å². The van der Waals surface area contributed by atoms with E-state index in [-0.39, 0.29) is 12.0 Å². The lowest BCUT2D eigenvalue weighted by Gasteiger charge is -2.25. The topological polar surface area (TPSA) is 87.1 Å². The van der Waals surface area contributed by atoms with E-state index in [9.17, 15) is 0 Å². The Kier molecular flexibility index (Phi) is 4.15. The fourth-order valence-corrected chi connectivity index (χ4v) is 2.79. The van der Waals surface area contributed by atoms with Gasteiger partial charge in [0, 0.05) is 12.1 Å². The van der Waals surface area contributed by atoms with Gasteiger partial charge in [-0.15, -0.1) is 0 Å². The molecule has 2 aromatic heterocycles. The molecule has 1 saturated carbocycles. The van der Waals surface area contributed by atoms with Crippen molar-refractivity contribution >= 4 is 0 Å². The van der Waals surface area contributed by atoms with Crippen LogP contribution in [0.1, 0.15) is 49.0 Å². The highest BCUT2D eigenvalue weighted by molar-refractivity contribution is 5.18. The van der Waals surface area contributed by atoms with Gasteiger partial charge >= 0.3 is 0 Å². The average Bonchev–Trinajstić information content (AvgIpc) is 2.96. The maximum atomic E-state index is 6.15. The second-order valence-electron chi connectivity index (χ2n) is 5.45. The summed E-state index contributed by atoms with van der Waals surface area (Å²) in [7, 11) is 1.60. The number of hydrogen-bond acceptors (Lipinski definition) is 6. The van der Waals surface area contributed by atoms with Gasteiger partial charge in [0.1, 0.15) is 0 Å². The maximum absolute atomic E-state index is 6.15. The van der Waals surface area contributed by atoms with Crippen LogP contribution in [0, 0.1) is 0 Å². The number of nitrogens with zero attached hydrogens (tertiary/aromatic N) is 3. The number of aromatic nitrogens is 3. The summed E-state index contributed by atoms with van der Waals surface area (Å²) < 4.78 is 10.5. The van der Waals surface area contributed by atoms with Crippen LogP contribution < -0.4 is 10.5 Å². The molecule has 112 valence electrons. The number of hydrogen-bond donors (Lipinski definition) is 1. The molecular weight excluding hydrogens is 268 g/mol. The summed E-state index contributed by atoms with van der Waals surface area (Å²) in [5, 5.41) is 4.05. The Morgan fingerprint density at radius 2 is 2.14 bits per heavy atom. The van der Waals surface area contributed by atoms with Crippen LogP contribution in [0.2, 0.25) is 0 Å². The predicted molar refractivity (Wildman–Crippen MR) is 77.1 cm³/mol. The van der Waals surface area contributed by atoms with Crippen molar-refractivity contribution in [3.8, 4) is 5.88 Å². The first-order valence-electron chi connectivity index (χ1n) is 7.34. The van der Waals surface area contributed by atoms with Crippen LogP contribution in [0.5, 0.6) is 5.88 Å². The second kappa shape index (κ2) is 6.22. The van der Waals surface area contributed by atoms with Crippen molar-refractivity contribution in [3.05, 3.63) is 35.6 Å². The van der Waals surface area contributed by atoms with E-state index >= 15 is 0 Å². The van der Waals surface area contributed by atoms with Gasteiger partial charge in [0.2, 0.25) is 11.8 Å². The molecule has 21 heavy (non-hydrogen) atoms. The Morgan fingerprint density at radius 3 is 2.95 bits per heavy atom. The third-order valence-electron chi connectivity index (χ3n) is 3.95. The van der Waals surface area contributed by atoms with E-state index in [1.165, 1.54) is 12.8 Å². The van der Waals surface area contributed by atoms with Gasteiger partial charge < -0.3 is 15.0 Å². The van der Waals surface area contributed by atoms with Crippen LogP contribution in [0.15, 0.2) is 22.7 Å². The molecule has 6 heteroatoms. The van der Waals surface area contributed by atoms with E-state index in [1.54, 1.807) is 7.11 Å². The van der Waals surface area contributed by atoms with Crippen molar-refractivity contribution < 1.29 is 9.26 Å². The Balaban J connectivity index is 1.72. The predicted octanol–water partition coefficient (Wildman–Crippen LogP) is 2.05. The van der Waals surface area contributed by atoms with E-state index < -0.39 is 0 Å². The fraction of sp³-hybridized carbons (Fsp3) is 0.533. The minimum absolute atomic E-state index is 0.127. The molecule has 2 N–H and O–H groups in total. The number of pyridine rings is 1. The minimum Gasteiger partial charge on any atom is -0.481 e. The maximum Gasteiger partial charge on any atom is 0.231 e. The van der Waals surface area contributed by atoms with Crippen molar-refractivity contribution in [2.75, 3.05) is 7.11 Å². The van der Waals surface area contributed by atoms with Gasteiger partial charge in [-0.3, -0.25) is 0 Å². The first-order chi connectivity index (χ1) is 10.3. The van der Waals surface area contributed by atoms with Gasteiger partial charge in [0.15, 0.2) is 5.82 Å². The van der Waals surface area contributed by atoms with Crippen LogP contribution in [0.4, 0.5) is 0 Å². The summed E-state index contributed by atoms with van der Waals surface area (Å²) in [4.78, 5) is 8.85. The summed E-state index contributed by atoms with van der Waals surface area (Å²) in [6.07, 6.45) is 4.95. The molecule has 0 bridgehead atoms. The molecule has 0 aromatic carbocycles. The average molecular weight is 288 g/mol. The van der Waals surface area contributed by atoms with Crippen molar-refractivity contribution in [3.63, 3.8) is 0 Å². The van der Waals surface area contributed by atoms with E-state index in [0.717, 1.165) is 18.5 Å². The molecule has 2 heterocycles. The highest BCUT2D eigenvalue weighted by Crippen LogP contribution is 2.30. The number of rotatable bonds is 4. The lowest BCUT2D eigenvalue weighted by Crippen LogP contribution is -2.31. The molecule has 1 aliphatic rings. The van der Waals surface area contributed by atoms with Crippen molar-refractivity contribution in [2.45, 2.75) is 44.1 Å². The molecule has 2 aromatic rings. The Hall–Kier alpha value is -1.95. The normalized spacial score (nSPS) is 22.2. The molecule has 0 aliphatic heterocycles. The number of ether oxygens (including phenoxy) is 1. The lowest BCUT2D eigenvalue weighted by atomic mass is 9.85. The summed E-state index contributed by atoms with van der Waals surface area (Å²) in [6.45, 7) is 0. The smallest absolute Gasteiger partial charge is 0.231 e. The zero-order valence-corrected chi connectivity index (χ0v) is 12.2. The molecule has 1 aliphatic carbocycles. The van der Waals surface area contributed by atoms with Gasteiger partial charge in [0.05, 0.1) is 25.1 Å². The third-order valence-corrected chi connectivity index (χ3v) is 3.95. The zero-order chi connectivity index (χ0) is 14.7. The van der Waals surface area contributed by atoms with Crippen LogP contribution in [-0.2, 0) is 6.42 Å². The SMILES string of the molecule is COc1cccc(Cc2noc([C@@H]3CCCC[C@@H]3N)n2)n1. The molecule has 1 fully saturated rings. The first-order valence-corrected chi connectivity index (χ1v) is 7.34. The van der Waals surface area contributed by atoms with E-state index in [2.05, 4.69) is 15.1 Å². The molecule has 0 saturated heterocycles. The van der Waals surface area contributed by atoms with Crippen molar-refractivity contribution in [2.24, 2.45) is 5.73 Å². The molecule has 3 rings (SSSR count). The highest BCUT2D eigenvalue weighted by atomic mass is 16.5. The van der Waals surface area contributed by atoms with Gasteiger partial charge in [-0.2, -0.15) is 4.98 Å². The van der Waals surface area contributed by atoms with Crippen molar-refractivity contribution in [1.29, 1.82) is 0 Å². The number of methoxy groups -OCH3 is 1. The quantitative estimate of drug-likeness (QED) is 0.926.